The molecule has 7 nitrogen and oxygen atoms in total. The van der Waals surface area contributed by atoms with Crippen molar-refractivity contribution in [1.82, 2.24) is 9.80 Å². The van der Waals surface area contributed by atoms with E-state index in [1.165, 1.54) is 9.80 Å². The van der Waals surface area contributed by atoms with Gasteiger partial charge in [-0.25, -0.2) is 4.79 Å². The second-order valence-corrected chi connectivity index (χ2v) is 4.24. The van der Waals surface area contributed by atoms with E-state index in [0.29, 0.717) is 13.0 Å². The van der Waals surface area contributed by atoms with Crippen LogP contribution in [0.25, 0.3) is 0 Å². The molecule has 2 atom stereocenters. The number of hydrogen-bond donors (Lipinski definition) is 3. The van der Waals surface area contributed by atoms with Gasteiger partial charge in [0.05, 0.1) is 25.3 Å². The number of nitrogens with zero attached hydrogens (tertiary/aromatic N) is 2. The van der Waals surface area contributed by atoms with E-state index in [1.54, 1.807) is 7.05 Å². The predicted octanol–water partition coefficient (Wildman–Crippen LogP) is -1.06. The number of aliphatic hydroxyl groups is 2. The number of hydrogen-bond acceptors (Lipinski definition) is 4. The van der Waals surface area contributed by atoms with Crippen LogP contribution in [-0.4, -0.2) is 76.0 Å². The van der Waals surface area contributed by atoms with Crippen molar-refractivity contribution in [2.24, 2.45) is 0 Å². The average molecular weight is 246 g/mol. The molecule has 0 aromatic rings. The summed E-state index contributed by atoms with van der Waals surface area (Å²) in [7, 11) is 1.57. The van der Waals surface area contributed by atoms with E-state index < -0.39 is 18.2 Å². The number of aliphatic carboxylic acids is 1. The molecule has 0 aromatic heterocycles. The third kappa shape index (κ3) is 3.86. The molecule has 1 rings (SSSR count). The third-order valence-corrected chi connectivity index (χ3v) is 2.74. The van der Waals surface area contributed by atoms with Gasteiger partial charge < -0.3 is 25.1 Å². The number of rotatable bonds is 4. The smallest absolute Gasteiger partial charge is 0.319 e. The van der Waals surface area contributed by atoms with Crippen LogP contribution in [0.5, 0.6) is 0 Å². The van der Waals surface area contributed by atoms with Crippen LogP contribution in [0.4, 0.5) is 4.79 Å². The van der Waals surface area contributed by atoms with Gasteiger partial charge in [0.15, 0.2) is 0 Å². The minimum absolute atomic E-state index is 0.0167. The molecule has 2 amide bonds. The summed E-state index contributed by atoms with van der Waals surface area (Å²) in [6.07, 6.45) is -1.39. The van der Waals surface area contributed by atoms with Crippen LogP contribution in [0, 0.1) is 0 Å². The van der Waals surface area contributed by atoms with E-state index >= 15 is 0 Å². The van der Waals surface area contributed by atoms with Crippen molar-refractivity contribution in [2.75, 3.05) is 26.7 Å². The minimum Gasteiger partial charge on any atom is -0.481 e. The van der Waals surface area contributed by atoms with Crippen molar-refractivity contribution >= 4 is 12.0 Å². The van der Waals surface area contributed by atoms with Gasteiger partial charge in [-0.3, -0.25) is 4.79 Å². The highest BCUT2D eigenvalue weighted by molar-refractivity contribution is 5.74. The third-order valence-electron chi connectivity index (χ3n) is 2.74. The minimum atomic E-state index is -0.897. The zero-order chi connectivity index (χ0) is 13.0. The highest BCUT2D eigenvalue weighted by Gasteiger charge is 2.33. The molecule has 1 aliphatic rings. The van der Waals surface area contributed by atoms with Crippen LogP contribution >= 0.6 is 0 Å². The van der Waals surface area contributed by atoms with Gasteiger partial charge in [-0.05, 0) is 6.42 Å². The lowest BCUT2D eigenvalue weighted by Crippen LogP contribution is -2.41. The monoisotopic (exact) mass is 246 g/mol. The zero-order valence-electron chi connectivity index (χ0n) is 9.74. The molecule has 0 spiro atoms. The van der Waals surface area contributed by atoms with E-state index in [1.807, 2.05) is 0 Å². The first-order valence-corrected chi connectivity index (χ1v) is 5.49. The maximum atomic E-state index is 11.8. The lowest BCUT2D eigenvalue weighted by atomic mass is 10.3. The number of aliphatic hydroxyl groups excluding tert-OH is 2. The van der Waals surface area contributed by atoms with Gasteiger partial charge in [0.2, 0.25) is 0 Å². The van der Waals surface area contributed by atoms with Gasteiger partial charge in [0.1, 0.15) is 0 Å². The molecule has 0 bridgehead atoms. The van der Waals surface area contributed by atoms with Gasteiger partial charge >= 0.3 is 12.0 Å². The molecule has 1 saturated heterocycles. The van der Waals surface area contributed by atoms with Gasteiger partial charge in [0.25, 0.3) is 0 Å². The first kappa shape index (κ1) is 13.7. The van der Waals surface area contributed by atoms with Crippen molar-refractivity contribution in [2.45, 2.75) is 25.0 Å². The zero-order valence-corrected chi connectivity index (χ0v) is 9.74. The summed E-state index contributed by atoms with van der Waals surface area (Å²) in [6, 6.07) is -0.300. The quantitative estimate of drug-likeness (QED) is 0.587. The number of amides is 2. The first-order chi connectivity index (χ1) is 7.91. The van der Waals surface area contributed by atoms with Crippen LogP contribution < -0.4 is 0 Å². The molecule has 1 heterocycles. The van der Waals surface area contributed by atoms with E-state index in [4.69, 9.17) is 5.11 Å². The van der Waals surface area contributed by atoms with Crippen LogP contribution in [0.3, 0.4) is 0 Å². The summed E-state index contributed by atoms with van der Waals surface area (Å²) in [6.45, 7) is 0.570. The van der Waals surface area contributed by atoms with E-state index in [9.17, 15) is 19.8 Å². The van der Waals surface area contributed by atoms with E-state index in [2.05, 4.69) is 0 Å². The molecule has 2 unspecified atom stereocenters. The van der Waals surface area contributed by atoms with Gasteiger partial charge in [0, 0.05) is 20.0 Å². The second kappa shape index (κ2) is 5.83. The van der Waals surface area contributed by atoms with Crippen molar-refractivity contribution in [3.63, 3.8) is 0 Å². The van der Waals surface area contributed by atoms with Crippen molar-refractivity contribution in [1.29, 1.82) is 0 Å². The summed E-state index contributed by atoms with van der Waals surface area (Å²) >= 11 is 0. The summed E-state index contributed by atoms with van der Waals surface area (Å²) in [5, 5.41) is 27.1. The summed E-state index contributed by atoms with van der Waals surface area (Å²) in [5.41, 5.74) is 0. The molecule has 1 aliphatic heterocycles. The fraction of sp³-hybridized carbons (Fsp3) is 0.800. The Labute approximate surface area is 99.2 Å². The summed E-state index contributed by atoms with van der Waals surface area (Å²) in [5.74, 6) is -0.891. The Morgan fingerprint density at radius 2 is 1.82 bits per heavy atom. The van der Waals surface area contributed by atoms with Crippen LogP contribution in [0.1, 0.15) is 12.8 Å². The van der Waals surface area contributed by atoms with E-state index in [0.717, 1.165) is 0 Å². The predicted molar refractivity (Wildman–Crippen MR) is 58.5 cm³/mol. The fourth-order valence-electron chi connectivity index (χ4n) is 1.73. The van der Waals surface area contributed by atoms with Crippen LogP contribution in [-0.2, 0) is 4.79 Å². The standard InChI is InChI=1S/C10H18N2O5/c1-11(4-2-3-9(15)16)10(17)12-5-7(13)8(14)6-12/h7-8,13-14H,2-6H2,1H3,(H,15,16). The Balaban J connectivity index is 2.34. The van der Waals surface area contributed by atoms with Crippen molar-refractivity contribution in [3.05, 3.63) is 0 Å². The number of carboxylic acid groups (broad SMARTS) is 1. The summed E-state index contributed by atoms with van der Waals surface area (Å²) in [4.78, 5) is 24.9. The number of carbonyl (C=O) groups excluding carboxylic acids is 1. The van der Waals surface area contributed by atoms with Gasteiger partial charge in [-0.2, -0.15) is 0 Å². The lowest BCUT2D eigenvalue weighted by molar-refractivity contribution is -0.137. The van der Waals surface area contributed by atoms with Gasteiger partial charge in [-0.15, -0.1) is 0 Å². The normalized spacial score (nSPS) is 23.8. The molecule has 3 N–H and O–H groups in total. The number of β-amino-alcohol motifs (C(OH)–C–C–N with tert-alkyl or cyclic N) is 2. The maximum Gasteiger partial charge on any atom is 0.319 e. The van der Waals surface area contributed by atoms with Crippen molar-refractivity contribution < 1.29 is 24.9 Å². The number of carbonyl (C=O) groups is 2. The SMILES string of the molecule is CN(CCCC(=O)O)C(=O)N1CC(O)C(O)C1. The largest absolute Gasteiger partial charge is 0.481 e. The molecule has 0 radical (unpaired) electrons. The Morgan fingerprint density at radius 1 is 1.29 bits per heavy atom. The van der Waals surface area contributed by atoms with Crippen LogP contribution in [0.2, 0.25) is 0 Å². The Hall–Kier alpha value is -1.34. The number of urea groups is 1. The van der Waals surface area contributed by atoms with E-state index in [-0.39, 0.29) is 25.5 Å². The van der Waals surface area contributed by atoms with Gasteiger partial charge in [-0.1, -0.05) is 0 Å². The molecular formula is C10H18N2O5. The molecule has 0 aromatic carbocycles. The number of carboxylic acids is 1. The lowest BCUT2D eigenvalue weighted by Gasteiger charge is -2.24. The Kier molecular flexibility index (Phi) is 4.71. The molecular weight excluding hydrogens is 228 g/mol. The fourth-order valence-corrected chi connectivity index (χ4v) is 1.73. The Morgan fingerprint density at radius 3 is 2.29 bits per heavy atom. The highest BCUT2D eigenvalue weighted by atomic mass is 16.4. The number of likely N-dealkylation sites (tertiary alicyclic amines) is 1. The Bertz CT molecular complexity index is 286. The molecule has 17 heavy (non-hydrogen) atoms. The first-order valence-electron chi connectivity index (χ1n) is 5.49. The molecule has 0 aliphatic carbocycles. The van der Waals surface area contributed by atoms with Crippen molar-refractivity contribution in [3.8, 4) is 0 Å². The summed E-state index contributed by atoms with van der Waals surface area (Å²) < 4.78 is 0. The second-order valence-electron chi connectivity index (χ2n) is 4.24. The molecule has 0 saturated carbocycles. The van der Waals surface area contributed by atoms with Crippen LogP contribution in [0.15, 0.2) is 0 Å². The molecule has 1 fully saturated rings. The highest BCUT2D eigenvalue weighted by Crippen LogP contribution is 2.12. The average Bonchev–Trinajstić information content (AvgIpc) is 2.57. The molecule has 98 valence electrons. The molecule has 7 heteroatoms. The maximum absolute atomic E-state index is 11.8. The topological polar surface area (TPSA) is 101 Å².